The predicted octanol–water partition coefficient (Wildman–Crippen LogP) is 11.1. The van der Waals surface area contributed by atoms with E-state index in [1.165, 1.54) is 15.9 Å². The molecule has 2 fully saturated rings. The van der Waals surface area contributed by atoms with Crippen LogP contribution in [0.1, 0.15) is 234 Å². The molecule has 632 valence electrons. The van der Waals surface area contributed by atoms with E-state index in [9.17, 15) is 28.8 Å². The number of carbonyl (C=O) groups excluding carboxylic acids is 6. The maximum absolute atomic E-state index is 13.7. The number of nitrogens with zero attached hydrogens (tertiary/aromatic N) is 7. The van der Waals surface area contributed by atoms with Gasteiger partial charge < -0.3 is 74.3 Å². The maximum Gasteiger partial charge on any atom is 0.247 e. The molecule has 5 N–H and O–H groups in total. The lowest BCUT2D eigenvalue weighted by atomic mass is 9.95. The Morgan fingerprint density at radius 2 is 0.630 bits per heavy atom. The Bertz CT molecular complexity index is 2110. The van der Waals surface area contributed by atoms with Gasteiger partial charge in [0.15, 0.2) is 5.78 Å². The topological polar surface area (TPSA) is 263 Å². The molecule has 0 aromatic rings. The van der Waals surface area contributed by atoms with Crippen LogP contribution in [0.2, 0.25) is 0 Å². The molecule has 4 amide bonds. The summed E-state index contributed by atoms with van der Waals surface area (Å²) >= 11 is 0. The minimum Gasteiger partial charge on any atom is -0.379 e. The number of unbranched alkanes of at least 4 members (excludes halogenated alkanes) is 6. The fourth-order valence-corrected chi connectivity index (χ4v) is 13.8. The number of nitrogens with one attached hydrogen (secondary N) is 1. The van der Waals surface area contributed by atoms with Crippen LogP contribution in [0.5, 0.6) is 0 Å². The summed E-state index contributed by atoms with van der Waals surface area (Å²) in [4.78, 5) is 89.7. The molecule has 0 aromatic carbocycles. The molecule has 2 aliphatic heterocycles. The van der Waals surface area contributed by atoms with Crippen molar-refractivity contribution in [2.45, 2.75) is 267 Å². The Balaban J connectivity index is 0.00000312. The molecule has 0 aliphatic carbocycles. The molecular formula is C84H162N10O14. The second-order valence-corrected chi connectivity index (χ2v) is 34.4. The molecule has 2 saturated heterocycles. The van der Waals surface area contributed by atoms with Gasteiger partial charge in [-0.05, 0) is 227 Å². The smallest absolute Gasteiger partial charge is 0.247 e. The highest BCUT2D eigenvalue weighted by molar-refractivity contribution is 5.94. The van der Waals surface area contributed by atoms with Crippen LogP contribution in [0, 0.1) is 11.8 Å². The zero-order chi connectivity index (χ0) is 81.7. The summed E-state index contributed by atoms with van der Waals surface area (Å²) in [5.41, 5.74) is 11.2. The van der Waals surface area contributed by atoms with E-state index >= 15 is 0 Å². The number of carbonyl (C=O) groups is 6. The van der Waals surface area contributed by atoms with Gasteiger partial charge in [-0.2, -0.15) is 0 Å². The van der Waals surface area contributed by atoms with E-state index in [2.05, 4.69) is 164 Å². The molecular weight excluding hydrogens is 1370 g/mol. The number of hydrogen-bond acceptors (Lipinski definition) is 20. The average molecular weight is 1540 g/mol. The van der Waals surface area contributed by atoms with Crippen LogP contribution in [0.4, 0.5) is 0 Å². The number of Topliss-reactive ketones (excluding diaryl/α,β-unsaturated/α-hetero) is 1. The first-order chi connectivity index (χ1) is 50.8. The van der Waals surface area contributed by atoms with Gasteiger partial charge in [0.1, 0.15) is 5.78 Å². The van der Waals surface area contributed by atoms with Crippen molar-refractivity contribution in [2.75, 3.05) is 191 Å². The first-order valence-corrected chi connectivity index (χ1v) is 40.9. The lowest BCUT2D eigenvalue weighted by Gasteiger charge is -2.45. The Morgan fingerprint density at radius 3 is 0.954 bits per heavy atom. The molecule has 24 heteroatoms. The number of nitrogens with two attached hydrogens (primary N) is 2. The predicted molar refractivity (Wildman–Crippen MR) is 439 cm³/mol. The third kappa shape index (κ3) is 50.8. The highest BCUT2D eigenvalue weighted by Crippen LogP contribution is 2.28. The SMILES string of the molecule is C=CC(=O)C1CN(C(=O)C=C)CN(C(=O)C=C)C1.CC(C)(C)N(CCCOCCOCCCCCCC(=O)C1CN(C(=O)CCCCCCOCCOCCCN(C(C)(C)C)C(C)(C)C)CN(C(=O)CCNCCCOCCOCCCN(C(C)(C)C)C(C)(C)C)C1)C(C)(C)C.NCCCOCCOCCCN. The Labute approximate surface area is 657 Å². The van der Waals surface area contributed by atoms with Crippen molar-refractivity contribution >= 4 is 35.2 Å². The van der Waals surface area contributed by atoms with E-state index in [4.69, 9.17) is 49.4 Å². The van der Waals surface area contributed by atoms with Crippen LogP contribution in [0.15, 0.2) is 38.0 Å². The summed E-state index contributed by atoms with van der Waals surface area (Å²) in [5.74, 6) is -1.49. The fourth-order valence-electron chi connectivity index (χ4n) is 13.8. The monoisotopic (exact) mass is 1540 g/mol. The van der Waals surface area contributed by atoms with E-state index in [0.717, 1.165) is 155 Å². The lowest BCUT2D eigenvalue weighted by Crippen LogP contribution is -2.55. The summed E-state index contributed by atoms with van der Waals surface area (Å²) in [6.45, 7) is 68.7. The summed E-state index contributed by atoms with van der Waals surface area (Å²) in [5, 5.41) is 3.39. The largest absolute Gasteiger partial charge is 0.379 e. The van der Waals surface area contributed by atoms with Crippen LogP contribution in [0.3, 0.4) is 0 Å². The molecule has 108 heavy (non-hydrogen) atoms. The van der Waals surface area contributed by atoms with Gasteiger partial charge in [0, 0.05) is 158 Å². The number of allylic oxidation sites excluding steroid dienone is 1. The number of ether oxygens (including phenoxy) is 8. The summed E-state index contributed by atoms with van der Waals surface area (Å²) in [6, 6.07) is 0. The number of hydrogen-bond donors (Lipinski definition) is 3. The average Bonchev–Trinajstić information content (AvgIpc) is 0.885. The zero-order valence-corrected chi connectivity index (χ0v) is 72.0. The normalized spacial score (nSPS) is 15.0. The van der Waals surface area contributed by atoms with E-state index in [-0.39, 0.29) is 101 Å². The number of ketones is 2. The zero-order valence-electron chi connectivity index (χ0n) is 72.0. The molecule has 24 nitrogen and oxygen atoms in total. The summed E-state index contributed by atoms with van der Waals surface area (Å²) in [7, 11) is 0. The first kappa shape index (κ1) is 104. The van der Waals surface area contributed by atoms with Crippen LogP contribution in [0.25, 0.3) is 0 Å². The standard InChI is InChI=1S/C63H126N6O9.C13H16N2O3.C8H20N2O2/c1-58(2,3)67(59(4,5)6)36-28-42-76-48-45-73-39-25-21-19-23-31-55(70)54-51-65(56(71)32-24-20-22-26-40-74-46-49-77-43-29-37-68(60(7,8)9)61(10,11)12)53-66(52-54)57(72)33-35-64-34-27-41-75-47-50-78-44-30-38-69(62(13,14)15)63(16,17)18;1-4-11(16)10-7-14(12(17)5-2)9-15(8-10)13(18)6-3;9-3-1-5-11-7-8-12-6-2-4-10/h54,64H,19-53H2,1-18H3;4-6,10H,1-3,7-9H2;1-10H2. The van der Waals surface area contributed by atoms with Crippen LogP contribution >= 0.6 is 0 Å². The van der Waals surface area contributed by atoms with Crippen LogP contribution in [-0.4, -0.2) is 294 Å². The van der Waals surface area contributed by atoms with E-state index in [0.29, 0.717) is 131 Å². The second-order valence-electron chi connectivity index (χ2n) is 34.4. The molecule has 2 heterocycles. The fraction of sp³-hybridized carbons (Fsp3) is 0.857. The lowest BCUT2D eigenvalue weighted by molar-refractivity contribution is -0.148. The second kappa shape index (κ2) is 58.7. The van der Waals surface area contributed by atoms with Crippen molar-refractivity contribution in [3.8, 4) is 0 Å². The molecule has 1 unspecified atom stereocenters. The van der Waals surface area contributed by atoms with E-state index in [1.807, 2.05) is 0 Å². The van der Waals surface area contributed by atoms with Crippen molar-refractivity contribution in [2.24, 2.45) is 23.3 Å². The molecule has 1 atom stereocenters. The van der Waals surface area contributed by atoms with Crippen molar-refractivity contribution in [3.05, 3.63) is 38.0 Å². The molecule has 0 saturated carbocycles. The van der Waals surface area contributed by atoms with Crippen molar-refractivity contribution in [1.29, 1.82) is 0 Å². The molecule has 2 aliphatic rings. The van der Waals surface area contributed by atoms with Gasteiger partial charge in [0.05, 0.1) is 78.0 Å². The quantitative estimate of drug-likeness (QED) is 0.0377. The summed E-state index contributed by atoms with van der Waals surface area (Å²) < 4.78 is 45.5. The minimum atomic E-state index is -0.441. The van der Waals surface area contributed by atoms with Crippen LogP contribution in [-0.2, 0) is 66.7 Å². The molecule has 0 spiro atoms. The van der Waals surface area contributed by atoms with E-state index in [1.54, 1.807) is 9.80 Å². The molecule has 0 bridgehead atoms. The Hall–Kier alpha value is -4.12. The van der Waals surface area contributed by atoms with Crippen molar-refractivity contribution in [1.82, 2.24) is 39.6 Å². The molecule has 0 aromatic heterocycles. The van der Waals surface area contributed by atoms with Crippen molar-refractivity contribution in [3.63, 3.8) is 0 Å². The van der Waals surface area contributed by atoms with Gasteiger partial charge in [-0.3, -0.25) is 43.5 Å². The first-order valence-electron chi connectivity index (χ1n) is 40.9. The maximum atomic E-state index is 13.7. The molecule has 2 rings (SSSR count). The van der Waals surface area contributed by atoms with Gasteiger partial charge in [0.2, 0.25) is 23.6 Å². The third-order valence-electron chi connectivity index (χ3n) is 18.6. The highest BCUT2D eigenvalue weighted by atomic mass is 16.5. The number of rotatable bonds is 56. The van der Waals surface area contributed by atoms with Gasteiger partial charge in [-0.25, -0.2) is 0 Å². The van der Waals surface area contributed by atoms with Gasteiger partial charge in [0.25, 0.3) is 0 Å². The minimum absolute atomic E-state index is 0.0150. The van der Waals surface area contributed by atoms with Gasteiger partial charge in [-0.15, -0.1) is 0 Å². The van der Waals surface area contributed by atoms with Gasteiger partial charge in [-0.1, -0.05) is 45.4 Å². The third-order valence-corrected chi connectivity index (χ3v) is 18.6. The Kier molecular flexibility index (Phi) is 56.5. The van der Waals surface area contributed by atoms with E-state index < -0.39 is 5.92 Å². The van der Waals surface area contributed by atoms with Crippen LogP contribution < -0.4 is 16.8 Å². The molecule has 0 radical (unpaired) electrons. The highest BCUT2D eigenvalue weighted by Gasteiger charge is 2.37. The number of amides is 4. The van der Waals surface area contributed by atoms with Crippen molar-refractivity contribution < 1.29 is 66.7 Å². The summed E-state index contributed by atoms with van der Waals surface area (Å²) in [6.07, 6.45) is 17.6. The Morgan fingerprint density at radius 1 is 0.343 bits per heavy atom. The van der Waals surface area contributed by atoms with Gasteiger partial charge >= 0.3 is 0 Å².